The number of rotatable bonds is 4. The number of likely N-dealkylation sites (N-methyl/N-ethyl adjacent to an activating group) is 1. The molecule has 0 atom stereocenters. The van der Waals surface area contributed by atoms with Crippen molar-refractivity contribution in [2.45, 2.75) is 20.8 Å². The summed E-state index contributed by atoms with van der Waals surface area (Å²) in [7, 11) is 1.83. The Morgan fingerprint density at radius 2 is 2.00 bits per heavy atom. The molecule has 0 bridgehead atoms. The van der Waals surface area contributed by atoms with Crippen LogP contribution in [-0.2, 0) is 4.79 Å². The van der Waals surface area contributed by atoms with Crippen LogP contribution < -0.4 is 5.32 Å². The summed E-state index contributed by atoms with van der Waals surface area (Å²) in [6.45, 7) is 9.76. The van der Waals surface area contributed by atoms with Crippen LogP contribution in [0.3, 0.4) is 0 Å². The first-order chi connectivity index (χ1) is 5.72. The highest BCUT2D eigenvalue weighted by atomic mass is 16.1. The van der Waals surface area contributed by atoms with E-state index in [4.69, 9.17) is 0 Å². The third-order valence-corrected chi connectivity index (χ3v) is 1.15. The fourth-order valence-electron chi connectivity index (χ4n) is 0.583. The van der Waals surface area contributed by atoms with Crippen molar-refractivity contribution < 1.29 is 4.79 Å². The van der Waals surface area contributed by atoms with Gasteiger partial charge in [0.25, 0.3) is 0 Å². The van der Waals surface area contributed by atoms with Crippen LogP contribution in [0.2, 0.25) is 0 Å². The normalized spacial score (nSPS) is 9.83. The van der Waals surface area contributed by atoms with Crippen LogP contribution in [0.15, 0.2) is 24.3 Å². The number of ketones is 1. The summed E-state index contributed by atoms with van der Waals surface area (Å²) < 4.78 is 0. The zero-order valence-corrected chi connectivity index (χ0v) is 8.48. The second kappa shape index (κ2) is 10.1. The van der Waals surface area contributed by atoms with Gasteiger partial charge in [0.2, 0.25) is 0 Å². The molecule has 0 aromatic heterocycles. The van der Waals surface area contributed by atoms with E-state index in [0.717, 1.165) is 0 Å². The van der Waals surface area contributed by atoms with Crippen molar-refractivity contribution in [3.63, 3.8) is 0 Å². The maximum atomic E-state index is 10.7. The predicted octanol–water partition coefficient (Wildman–Crippen LogP) is 1.93. The van der Waals surface area contributed by atoms with E-state index in [1.807, 2.05) is 27.0 Å². The molecule has 70 valence electrons. The van der Waals surface area contributed by atoms with Crippen molar-refractivity contribution in [1.82, 2.24) is 5.32 Å². The van der Waals surface area contributed by atoms with Crippen LogP contribution in [0, 0.1) is 0 Å². The highest BCUT2D eigenvalue weighted by molar-refractivity contribution is 5.95. The molecule has 0 amide bonds. The van der Waals surface area contributed by atoms with Gasteiger partial charge < -0.3 is 5.32 Å². The Kier molecular flexibility index (Phi) is 11.5. The van der Waals surface area contributed by atoms with Crippen molar-refractivity contribution in [1.29, 1.82) is 0 Å². The Balaban J connectivity index is 0. The Hall–Kier alpha value is -0.890. The molecule has 0 aromatic carbocycles. The van der Waals surface area contributed by atoms with Crippen LogP contribution in [0.1, 0.15) is 20.8 Å². The number of carbonyl (C=O) groups excluding carboxylic acids is 1. The van der Waals surface area contributed by atoms with Gasteiger partial charge in [0.05, 0.1) is 0 Å². The fraction of sp³-hybridized carbons (Fsp3) is 0.500. The smallest absolute Gasteiger partial charge is 0.159 e. The summed E-state index contributed by atoms with van der Waals surface area (Å²) in [5, 5.41) is 2.91. The first-order valence-corrected chi connectivity index (χ1v) is 4.20. The average molecular weight is 169 g/mol. The van der Waals surface area contributed by atoms with Crippen molar-refractivity contribution in [2.75, 3.05) is 13.6 Å². The number of hydrogen-bond donors (Lipinski definition) is 1. The lowest BCUT2D eigenvalue weighted by molar-refractivity contribution is -0.113. The highest BCUT2D eigenvalue weighted by Crippen LogP contribution is 1.94. The Morgan fingerprint density at radius 1 is 1.50 bits per heavy atom. The predicted molar refractivity (Wildman–Crippen MR) is 54.2 cm³/mol. The minimum atomic E-state index is 0.0604. The van der Waals surface area contributed by atoms with Crippen molar-refractivity contribution in [2.24, 2.45) is 0 Å². The molecule has 0 spiro atoms. The van der Waals surface area contributed by atoms with Gasteiger partial charge in [-0.15, -0.1) is 0 Å². The van der Waals surface area contributed by atoms with Gasteiger partial charge in [-0.2, -0.15) is 0 Å². The van der Waals surface area contributed by atoms with E-state index in [9.17, 15) is 4.79 Å². The van der Waals surface area contributed by atoms with Crippen molar-refractivity contribution >= 4 is 5.78 Å². The van der Waals surface area contributed by atoms with Gasteiger partial charge in [-0.1, -0.05) is 32.6 Å². The number of allylic oxidation sites excluding steroid dienone is 2. The van der Waals surface area contributed by atoms with Gasteiger partial charge in [0, 0.05) is 12.1 Å². The Labute approximate surface area is 75.4 Å². The van der Waals surface area contributed by atoms with E-state index in [1.165, 1.54) is 6.92 Å². The molecule has 2 nitrogen and oxygen atoms in total. The molecule has 12 heavy (non-hydrogen) atoms. The lowest BCUT2D eigenvalue weighted by Crippen LogP contribution is -2.06. The largest absolute Gasteiger partial charge is 0.316 e. The molecule has 0 saturated carbocycles. The first-order valence-electron chi connectivity index (χ1n) is 4.20. The first kappa shape index (κ1) is 13.7. The molecular weight excluding hydrogens is 150 g/mol. The number of hydrogen-bond acceptors (Lipinski definition) is 2. The lowest BCUT2D eigenvalue weighted by Gasteiger charge is -1.94. The minimum absolute atomic E-state index is 0.0604. The molecular formula is C10H19NO. The maximum Gasteiger partial charge on any atom is 0.159 e. The van der Waals surface area contributed by atoms with E-state index in [-0.39, 0.29) is 5.78 Å². The third-order valence-electron chi connectivity index (χ3n) is 1.15. The zero-order valence-electron chi connectivity index (χ0n) is 8.48. The molecule has 0 aliphatic carbocycles. The molecule has 0 unspecified atom stereocenters. The van der Waals surface area contributed by atoms with Crippen molar-refractivity contribution in [3.8, 4) is 0 Å². The molecule has 0 heterocycles. The van der Waals surface area contributed by atoms with E-state index in [0.29, 0.717) is 12.1 Å². The van der Waals surface area contributed by atoms with E-state index in [1.54, 1.807) is 6.08 Å². The molecule has 0 radical (unpaired) electrons. The van der Waals surface area contributed by atoms with Crippen molar-refractivity contribution in [3.05, 3.63) is 24.3 Å². The maximum absolute atomic E-state index is 10.7. The molecule has 0 fully saturated rings. The van der Waals surface area contributed by atoms with Crippen LogP contribution >= 0.6 is 0 Å². The lowest BCUT2D eigenvalue weighted by atomic mass is 10.2. The zero-order chi connectivity index (χ0) is 9.98. The highest BCUT2D eigenvalue weighted by Gasteiger charge is 1.94. The van der Waals surface area contributed by atoms with E-state index in [2.05, 4.69) is 11.9 Å². The molecule has 0 saturated heterocycles. The second-order valence-corrected chi connectivity index (χ2v) is 1.98. The van der Waals surface area contributed by atoms with Gasteiger partial charge >= 0.3 is 0 Å². The average Bonchev–Trinajstić information content (AvgIpc) is 2.09. The van der Waals surface area contributed by atoms with Gasteiger partial charge in [-0.25, -0.2) is 0 Å². The Morgan fingerprint density at radius 3 is 2.25 bits per heavy atom. The van der Waals surface area contributed by atoms with Gasteiger partial charge in [0.15, 0.2) is 5.78 Å². The van der Waals surface area contributed by atoms with E-state index < -0.39 is 0 Å². The second-order valence-electron chi connectivity index (χ2n) is 1.98. The molecule has 0 aliphatic rings. The third kappa shape index (κ3) is 7.22. The monoisotopic (exact) mass is 169 g/mol. The minimum Gasteiger partial charge on any atom is -0.316 e. The molecule has 2 heteroatoms. The fourth-order valence-corrected chi connectivity index (χ4v) is 0.583. The number of Topliss-reactive ketones (excluding diaryl/α,β-unsaturated/α-hetero) is 1. The quantitative estimate of drug-likeness (QED) is 0.514. The van der Waals surface area contributed by atoms with Gasteiger partial charge in [-0.05, 0) is 14.0 Å². The van der Waals surface area contributed by atoms with Crippen LogP contribution in [-0.4, -0.2) is 19.4 Å². The summed E-state index contributed by atoms with van der Waals surface area (Å²) in [6.07, 6.45) is 3.38. The summed E-state index contributed by atoms with van der Waals surface area (Å²) in [5.41, 5.74) is 0.675. The van der Waals surface area contributed by atoms with Crippen LogP contribution in [0.25, 0.3) is 0 Å². The molecule has 0 rings (SSSR count). The topological polar surface area (TPSA) is 29.1 Å². The molecule has 0 aliphatic heterocycles. The summed E-state index contributed by atoms with van der Waals surface area (Å²) >= 11 is 0. The van der Waals surface area contributed by atoms with Gasteiger partial charge in [-0.3, -0.25) is 4.79 Å². The van der Waals surface area contributed by atoms with Crippen LogP contribution in [0.4, 0.5) is 0 Å². The summed E-state index contributed by atoms with van der Waals surface area (Å²) in [4.78, 5) is 10.7. The Bertz CT molecular complexity index is 159. The SMILES string of the molecule is C=C/C(=C\CNC)C(C)=O.CC. The molecule has 1 N–H and O–H groups in total. The summed E-state index contributed by atoms with van der Waals surface area (Å²) in [6, 6.07) is 0. The molecule has 0 aromatic rings. The van der Waals surface area contributed by atoms with E-state index >= 15 is 0 Å². The standard InChI is InChI=1S/C8H13NO.C2H6/c1-4-8(7(2)10)5-6-9-3;1-2/h4-5,9H,1,6H2,2-3H3;1-2H3/b8-5+;. The number of carbonyl (C=O) groups is 1. The van der Waals surface area contributed by atoms with Crippen LogP contribution in [0.5, 0.6) is 0 Å². The number of nitrogens with one attached hydrogen (secondary N) is 1. The van der Waals surface area contributed by atoms with Gasteiger partial charge in [0.1, 0.15) is 0 Å². The summed E-state index contributed by atoms with van der Waals surface area (Å²) in [5.74, 6) is 0.0604.